The highest BCUT2D eigenvalue weighted by Gasteiger charge is 2.42. The minimum atomic E-state index is -0.643. The number of benzene rings is 1. The van der Waals surface area contributed by atoms with Crippen LogP contribution in [-0.4, -0.2) is 24.7 Å². The maximum atomic E-state index is 12.0. The molecule has 0 aromatic heterocycles. The van der Waals surface area contributed by atoms with Crippen LogP contribution in [0.2, 0.25) is 0 Å². The van der Waals surface area contributed by atoms with Gasteiger partial charge in [-0.1, -0.05) is 37.3 Å². The van der Waals surface area contributed by atoms with Gasteiger partial charge >= 0.3 is 12.1 Å². The summed E-state index contributed by atoms with van der Waals surface area (Å²) in [5, 5.41) is 2.63. The number of amides is 1. The van der Waals surface area contributed by atoms with E-state index in [1.807, 2.05) is 30.3 Å². The lowest BCUT2D eigenvalue weighted by molar-refractivity contribution is -0.146. The van der Waals surface area contributed by atoms with Crippen molar-refractivity contribution in [3.63, 3.8) is 0 Å². The molecule has 1 N–H and O–H groups in total. The third-order valence-corrected chi connectivity index (χ3v) is 3.88. The van der Waals surface area contributed by atoms with Gasteiger partial charge in [-0.2, -0.15) is 0 Å². The van der Waals surface area contributed by atoms with Crippen molar-refractivity contribution < 1.29 is 19.1 Å². The van der Waals surface area contributed by atoms with E-state index in [1.54, 1.807) is 6.92 Å². The molecule has 0 aliphatic heterocycles. The van der Waals surface area contributed by atoms with Crippen molar-refractivity contribution in [3.05, 3.63) is 35.9 Å². The van der Waals surface area contributed by atoms with Crippen molar-refractivity contribution in [2.24, 2.45) is 5.41 Å². The van der Waals surface area contributed by atoms with E-state index in [2.05, 4.69) is 12.2 Å². The molecule has 1 amide bonds. The Balaban J connectivity index is 1.85. The highest BCUT2D eigenvalue weighted by Crippen LogP contribution is 2.48. The van der Waals surface area contributed by atoms with E-state index < -0.39 is 18.1 Å². The molecule has 1 fully saturated rings. The van der Waals surface area contributed by atoms with E-state index >= 15 is 0 Å². The van der Waals surface area contributed by atoms with Crippen LogP contribution in [0.5, 0.6) is 0 Å². The Morgan fingerprint density at radius 1 is 1.23 bits per heavy atom. The van der Waals surface area contributed by atoms with Gasteiger partial charge in [0, 0.05) is 0 Å². The number of nitrogens with one attached hydrogen (secondary N) is 1. The van der Waals surface area contributed by atoms with Gasteiger partial charge < -0.3 is 14.8 Å². The summed E-state index contributed by atoms with van der Waals surface area (Å²) in [6, 6.07) is 8.77. The Labute approximate surface area is 131 Å². The molecule has 5 heteroatoms. The van der Waals surface area contributed by atoms with Gasteiger partial charge in [0.1, 0.15) is 12.6 Å². The second kappa shape index (κ2) is 7.29. The van der Waals surface area contributed by atoms with Gasteiger partial charge in [0.2, 0.25) is 0 Å². The summed E-state index contributed by atoms with van der Waals surface area (Å²) in [6.45, 7) is 4.34. The zero-order valence-electron chi connectivity index (χ0n) is 13.1. The molecular weight excluding hydrogens is 282 g/mol. The van der Waals surface area contributed by atoms with Crippen molar-refractivity contribution in [1.29, 1.82) is 0 Å². The van der Waals surface area contributed by atoms with Crippen LogP contribution in [0.3, 0.4) is 0 Å². The average Bonchev–Trinajstić information content (AvgIpc) is 3.23. The molecule has 0 spiro atoms. The first-order valence-corrected chi connectivity index (χ1v) is 7.66. The second-order valence-electron chi connectivity index (χ2n) is 6.03. The fourth-order valence-electron chi connectivity index (χ4n) is 2.25. The van der Waals surface area contributed by atoms with Crippen LogP contribution in [0, 0.1) is 5.41 Å². The molecule has 0 saturated heterocycles. The lowest BCUT2D eigenvalue weighted by Crippen LogP contribution is -2.43. The van der Waals surface area contributed by atoms with E-state index in [-0.39, 0.29) is 12.0 Å². The van der Waals surface area contributed by atoms with Crippen molar-refractivity contribution in [2.45, 2.75) is 45.8 Å². The fourth-order valence-corrected chi connectivity index (χ4v) is 2.25. The van der Waals surface area contributed by atoms with E-state index in [9.17, 15) is 9.59 Å². The van der Waals surface area contributed by atoms with E-state index in [4.69, 9.17) is 9.47 Å². The van der Waals surface area contributed by atoms with Crippen molar-refractivity contribution in [3.8, 4) is 0 Å². The van der Waals surface area contributed by atoms with E-state index in [1.165, 1.54) is 0 Å². The summed E-state index contributed by atoms with van der Waals surface area (Å²) >= 11 is 0. The normalized spacial score (nSPS) is 16.5. The van der Waals surface area contributed by atoms with Crippen LogP contribution < -0.4 is 5.32 Å². The van der Waals surface area contributed by atoms with Gasteiger partial charge in [-0.15, -0.1) is 0 Å². The second-order valence-corrected chi connectivity index (χ2v) is 6.03. The zero-order chi connectivity index (χ0) is 16.0. The summed E-state index contributed by atoms with van der Waals surface area (Å²) in [7, 11) is 0. The standard InChI is InChI=1S/C17H23NO4/c1-3-21-15(19)14(11-17(2)9-10-17)18-16(20)22-12-13-7-5-4-6-8-13/h4-8,14H,3,9-12H2,1-2H3,(H,18,20)/t14-/m0/s1. The van der Waals surface area contributed by atoms with Crippen molar-refractivity contribution in [2.75, 3.05) is 6.61 Å². The van der Waals surface area contributed by atoms with E-state index in [0.717, 1.165) is 18.4 Å². The molecule has 5 nitrogen and oxygen atoms in total. The summed E-state index contributed by atoms with van der Waals surface area (Å²) < 4.78 is 10.2. The predicted octanol–water partition coefficient (Wildman–Crippen LogP) is 3.03. The van der Waals surface area contributed by atoms with Crippen LogP contribution in [0.25, 0.3) is 0 Å². The number of rotatable bonds is 7. The molecular formula is C17H23NO4. The van der Waals surface area contributed by atoms with Crippen LogP contribution in [-0.2, 0) is 20.9 Å². The van der Waals surface area contributed by atoms with Gasteiger partial charge in [0.05, 0.1) is 6.61 Å². The molecule has 1 aliphatic carbocycles. The highest BCUT2D eigenvalue weighted by atomic mass is 16.6. The molecule has 1 aliphatic rings. The Morgan fingerprint density at radius 2 is 1.91 bits per heavy atom. The first-order valence-electron chi connectivity index (χ1n) is 7.66. The minimum absolute atomic E-state index is 0.129. The van der Waals surface area contributed by atoms with Crippen molar-refractivity contribution in [1.82, 2.24) is 5.32 Å². The minimum Gasteiger partial charge on any atom is -0.464 e. The SMILES string of the molecule is CCOC(=O)[C@H](CC1(C)CC1)NC(=O)OCc1ccccc1. The van der Waals surface area contributed by atoms with Crippen molar-refractivity contribution >= 4 is 12.1 Å². The largest absolute Gasteiger partial charge is 0.464 e. The first kappa shape index (κ1) is 16.3. The number of hydrogen-bond acceptors (Lipinski definition) is 4. The van der Waals surface area contributed by atoms with Gasteiger partial charge in [-0.25, -0.2) is 9.59 Å². The average molecular weight is 305 g/mol. The van der Waals surface area contributed by atoms with Gasteiger partial charge in [0.15, 0.2) is 0 Å². The third-order valence-electron chi connectivity index (χ3n) is 3.88. The number of alkyl carbamates (subject to hydrolysis) is 1. The molecule has 0 bridgehead atoms. The van der Waals surface area contributed by atoms with Crippen LogP contribution in [0.4, 0.5) is 4.79 Å². The van der Waals surface area contributed by atoms with Crippen LogP contribution >= 0.6 is 0 Å². The topological polar surface area (TPSA) is 64.6 Å². The highest BCUT2D eigenvalue weighted by molar-refractivity contribution is 5.81. The van der Waals surface area contributed by atoms with Gasteiger partial charge in [-0.05, 0) is 37.2 Å². The zero-order valence-corrected chi connectivity index (χ0v) is 13.1. The Hall–Kier alpha value is -2.04. The maximum absolute atomic E-state index is 12.0. The summed E-state index contributed by atoms with van der Waals surface area (Å²) in [6.07, 6.45) is 2.14. The molecule has 2 rings (SSSR count). The Bertz CT molecular complexity index is 511. The smallest absolute Gasteiger partial charge is 0.408 e. The molecule has 120 valence electrons. The molecule has 1 aromatic rings. The number of carbonyl (C=O) groups excluding carboxylic acids is 2. The lowest BCUT2D eigenvalue weighted by atomic mass is 9.99. The summed E-state index contributed by atoms with van der Waals surface area (Å²) in [5.74, 6) is -0.396. The summed E-state index contributed by atoms with van der Waals surface area (Å²) in [4.78, 5) is 23.9. The first-order chi connectivity index (χ1) is 10.5. The quantitative estimate of drug-likeness (QED) is 0.786. The molecule has 0 radical (unpaired) electrons. The molecule has 1 atom stereocenters. The number of esters is 1. The Kier molecular flexibility index (Phi) is 5.41. The fraction of sp³-hybridized carbons (Fsp3) is 0.529. The monoisotopic (exact) mass is 305 g/mol. The molecule has 22 heavy (non-hydrogen) atoms. The third kappa shape index (κ3) is 5.06. The number of hydrogen-bond donors (Lipinski definition) is 1. The lowest BCUT2D eigenvalue weighted by Gasteiger charge is -2.20. The molecule has 1 saturated carbocycles. The van der Waals surface area contributed by atoms with Gasteiger partial charge in [0.25, 0.3) is 0 Å². The van der Waals surface area contributed by atoms with Crippen LogP contribution in [0.1, 0.15) is 38.7 Å². The summed E-state index contributed by atoms with van der Waals surface area (Å²) in [5.41, 5.74) is 1.03. The predicted molar refractivity (Wildman–Crippen MR) is 82.1 cm³/mol. The van der Waals surface area contributed by atoms with Crippen LogP contribution in [0.15, 0.2) is 30.3 Å². The molecule has 0 unspecified atom stereocenters. The number of carbonyl (C=O) groups is 2. The molecule has 1 aromatic carbocycles. The van der Waals surface area contributed by atoms with E-state index in [0.29, 0.717) is 13.0 Å². The maximum Gasteiger partial charge on any atom is 0.408 e. The van der Waals surface area contributed by atoms with Gasteiger partial charge in [-0.3, -0.25) is 0 Å². The number of ether oxygens (including phenoxy) is 2. The Morgan fingerprint density at radius 3 is 2.50 bits per heavy atom. The molecule has 0 heterocycles.